The van der Waals surface area contributed by atoms with E-state index in [0.717, 1.165) is 23.2 Å². The number of hydrogen-bond acceptors (Lipinski definition) is 3. The topological polar surface area (TPSA) is 59.1 Å². The molecular weight excluding hydrogens is 200 g/mol. The molecule has 3 heteroatoms. The average molecular weight is 214 g/mol. The van der Waals surface area contributed by atoms with Crippen molar-refractivity contribution in [2.24, 2.45) is 0 Å². The van der Waals surface area contributed by atoms with Crippen molar-refractivity contribution in [1.82, 2.24) is 4.98 Å². The Morgan fingerprint density at radius 2 is 2.12 bits per heavy atom. The maximum atomic E-state index is 9.68. The molecule has 1 heterocycles. The summed E-state index contributed by atoms with van der Waals surface area (Å²) in [5, 5.41) is 9.68. The van der Waals surface area contributed by atoms with Crippen molar-refractivity contribution < 1.29 is 5.11 Å². The van der Waals surface area contributed by atoms with Crippen molar-refractivity contribution >= 4 is 5.69 Å². The number of aromatic nitrogens is 1. The summed E-state index contributed by atoms with van der Waals surface area (Å²) in [5.74, 6) is 0.172. The van der Waals surface area contributed by atoms with Crippen LogP contribution in [-0.2, 0) is 6.42 Å². The summed E-state index contributed by atoms with van der Waals surface area (Å²) in [7, 11) is 0. The second-order valence-electron chi connectivity index (χ2n) is 3.64. The molecule has 2 aromatic rings. The molecule has 1 aromatic carbocycles. The second kappa shape index (κ2) is 4.23. The van der Waals surface area contributed by atoms with E-state index < -0.39 is 0 Å². The summed E-state index contributed by atoms with van der Waals surface area (Å²) in [6, 6.07) is 9.06. The lowest BCUT2D eigenvalue weighted by atomic mass is 10.0. The third-order valence-corrected chi connectivity index (χ3v) is 2.59. The van der Waals surface area contributed by atoms with E-state index in [1.165, 1.54) is 0 Å². The van der Waals surface area contributed by atoms with Crippen LogP contribution < -0.4 is 5.73 Å². The first-order chi connectivity index (χ1) is 7.72. The first kappa shape index (κ1) is 10.5. The molecule has 0 saturated heterocycles. The lowest BCUT2D eigenvalue weighted by Gasteiger charge is -2.07. The number of aromatic hydroxyl groups is 1. The van der Waals surface area contributed by atoms with Crippen LogP contribution >= 0.6 is 0 Å². The molecule has 16 heavy (non-hydrogen) atoms. The number of benzene rings is 1. The number of rotatable bonds is 2. The fraction of sp³-hybridized carbons (Fsp3) is 0.154. The normalized spacial score (nSPS) is 10.3. The minimum atomic E-state index is 0.172. The zero-order valence-electron chi connectivity index (χ0n) is 9.14. The second-order valence-corrected chi connectivity index (χ2v) is 3.64. The van der Waals surface area contributed by atoms with Crippen molar-refractivity contribution in [3.8, 4) is 17.0 Å². The maximum absolute atomic E-state index is 9.68. The molecule has 0 amide bonds. The van der Waals surface area contributed by atoms with Gasteiger partial charge in [-0.25, -0.2) is 0 Å². The van der Waals surface area contributed by atoms with E-state index in [2.05, 4.69) is 11.9 Å². The molecule has 0 aliphatic heterocycles. The van der Waals surface area contributed by atoms with Gasteiger partial charge in [-0.3, -0.25) is 4.98 Å². The van der Waals surface area contributed by atoms with Gasteiger partial charge in [0, 0.05) is 17.4 Å². The first-order valence-electron chi connectivity index (χ1n) is 5.25. The van der Waals surface area contributed by atoms with Crippen molar-refractivity contribution in [3.63, 3.8) is 0 Å². The smallest absolute Gasteiger partial charge is 0.141 e. The highest BCUT2D eigenvalue weighted by Gasteiger charge is 2.06. The van der Waals surface area contributed by atoms with Gasteiger partial charge in [-0.1, -0.05) is 19.1 Å². The van der Waals surface area contributed by atoms with Crippen LogP contribution in [0.3, 0.4) is 0 Å². The van der Waals surface area contributed by atoms with E-state index in [1.807, 2.05) is 18.2 Å². The first-order valence-corrected chi connectivity index (χ1v) is 5.25. The monoisotopic (exact) mass is 214 g/mol. The lowest BCUT2D eigenvalue weighted by Crippen LogP contribution is -1.94. The van der Waals surface area contributed by atoms with E-state index in [4.69, 9.17) is 5.73 Å². The Bertz CT molecular complexity index is 509. The van der Waals surface area contributed by atoms with E-state index in [-0.39, 0.29) is 5.75 Å². The van der Waals surface area contributed by atoms with Crippen LogP contribution in [0.15, 0.2) is 36.5 Å². The molecule has 0 aliphatic rings. The molecule has 0 saturated carbocycles. The zero-order valence-corrected chi connectivity index (χ0v) is 9.14. The maximum Gasteiger partial charge on any atom is 0.141 e. The summed E-state index contributed by atoms with van der Waals surface area (Å²) in [6.07, 6.45) is 2.55. The molecule has 3 N–H and O–H groups in total. The summed E-state index contributed by atoms with van der Waals surface area (Å²) in [4.78, 5) is 4.14. The van der Waals surface area contributed by atoms with Crippen LogP contribution in [0.5, 0.6) is 5.75 Å². The Morgan fingerprint density at radius 3 is 2.75 bits per heavy atom. The third kappa shape index (κ3) is 1.84. The van der Waals surface area contributed by atoms with Gasteiger partial charge in [0.25, 0.3) is 0 Å². The summed E-state index contributed by atoms with van der Waals surface area (Å²) in [6.45, 7) is 2.06. The molecule has 1 aromatic heterocycles. The predicted molar refractivity (Wildman–Crippen MR) is 65.1 cm³/mol. The molecule has 3 nitrogen and oxygen atoms in total. The molecule has 82 valence electrons. The Labute approximate surface area is 94.6 Å². The predicted octanol–water partition coefficient (Wildman–Crippen LogP) is 2.60. The van der Waals surface area contributed by atoms with E-state index >= 15 is 0 Å². The minimum absolute atomic E-state index is 0.172. The Hall–Kier alpha value is -2.03. The molecular formula is C13H14N2O. The summed E-state index contributed by atoms with van der Waals surface area (Å²) >= 11 is 0. The highest BCUT2D eigenvalue weighted by Crippen LogP contribution is 2.28. The van der Waals surface area contributed by atoms with Gasteiger partial charge in [0.05, 0.1) is 0 Å². The fourth-order valence-electron chi connectivity index (χ4n) is 1.68. The molecule has 0 radical (unpaired) electrons. The van der Waals surface area contributed by atoms with Gasteiger partial charge >= 0.3 is 0 Å². The standard InChI is InChI=1S/C13H14N2O/c1-2-9-5-6-10(8-11(9)14)13-12(16)4-3-7-15-13/h3-8,16H,2,14H2,1H3. The quantitative estimate of drug-likeness (QED) is 0.755. The van der Waals surface area contributed by atoms with Crippen LogP contribution in [0.25, 0.3) is 11.3 Å². The van der Waals surface area contributed by atoms with Gasteiger partial charge in [0.1, 0.15) is 11.4 Å². The Morgan fingerprint density at radius 1 is 1.31 bits per heavy atom. The number of nitrogens with two attached hydrogens (primary N) is 1. The van der Waals surface area contributed by atoms with Crippen molar-refractivity contribution in [3.05, 3.63) is 42.1 Å². The number of aryl methyl sites for hydroxylation is 1. The minimum Gasteiger partial charge on any atom is -0.506 e. The number of anilines is 1. The fourth-order valence-corrected chi connectivity index (χ4v) is 1.68. The number of hydrogen-bond donors (Lipinski definition) is 2. The zero-order chi connectivity index (χ0) is 11.5. The average Bonchev–Trinajstić information content (AvgIpc) is 2.29. The number of pyridine rings is 1. The lowest BCUT2D eigenvalue weighted by molar-refractivity contribution is 0.475. The van der Waals surface area contributed by atoms with Crippen molar-refractivity contribution in [2.45, 2.75) is 13.3 Å². The molecule has 0 fully saturated rings. The number of nitrogens with zero attached hydrogens (tertiary/aromatic N) is 1. The highest BCUT2D eigenvalue weighted by molar-refractivity contribution is 5.70. The highest BCUT2D eigenvalue weighted by atomic mass is 16.3. The van der Waals surface area contributed by atoms with Crippen molar-refractivity contribution in [1.29, 1.82) is 0 Å². The van der Waals surface area contributed by atoms with Gasteiger partial charge in [-0.2, -0.15) is 0 Å². The van der Waals surface area contributed by atoms with Crippen LogP contribution in [0.4, 0.5) is 5.69 Å². The largest absolute Gasteiger partial charge is 0.506 e. The third-order valence-electron chi connectivity index (χ3n) is 2.59. The van der Waals surface area contributed by atoms with Crippen LogP contribution in [-0.4, -0.2) is 10.1 Å². The van der Waals surface area contributed by atoms with Gasteiger partial charge in [0.2, 0.25) is 0 Å². The Balaban J connectivity index is 2.50. The van der Waals surface area contributed by atoms with Crippen LogP contribution in [0.1, 0.15) is 12.5 Å². The molecule has 2 rings (SSSR count). The SMILES string of the molecule is CCc1ccc(-c2ncccc2O)cc1N. The van der Waals surface area contributed by atoms with Crippen LogP contribution in [0, 0.1) is 0 Å². The molecule has 0 unspecified atom stereocenters. The summed E-state index contributed by atoms with van der Waals surface area (Å²) in [5.41, 5.74) is 9.17. The van der Waals surface area contributed by atoms with E-state index in [9.17, 15) is 5.11 Å². The molecule has 0 atom stereocenters. The van der Waals surface area contributed by atoms with E-state index in [0.29, 0.717) is 5.69 Å². The summed E-state index contributed by atoms with van der Waals surface area (Å²) < 4.78 is 0. The molecule has 0 aliphatic carbocycles. The molecule has 0 spiro atoms. The van der Waals surface area contributed by atoms with Gasteiger partial charge < -0.3 is 10.8 Å². The van der Waals surface area contributed by atoms with E-state index in [1.54, 1.807) is 18.3 Å². The van der Waals surface area contributed by atoms with Gasteiger partial charge in [-0.15, -0.1) is 0 Å². The number of nitrogen functional groups attached to an aromatic ring is 1. The molecule has 0 bridgehead atoms. The Kier molecular flexibility index (Phi) is 2.77. The van der Waals surface area contributed by atoms with Gasteiger partial charge in [0.15, 0.2) is 0 Å². The van der Waals surface area contributed by atoms with Crippen LogP contribution in [0.2, 0.25) is 0 Å². The van der Waals surface area contributed by atoms with Crippen molar-refractivity contribution in [2.75, 3.05) is 5.73 Å². The van der Waals surface area contributed by atoms with Gasteiger partial charge in [-0.05, 0) is 30.2 Å².